The summed E-state index contributed by atoms with van der Waals surface area (Å²) in [6.07, 6.45) is 1.91. The molecule has 0 aliphatic heterocycles. The minimum absolute atomic E-state index is 0.230. The molecule has 1 aromatic rings. The second-order valence-corrected chi connectivity index (χ2v) is 6.95. The lowest BCUT2D eigenvalue weighted by atomic mass is 9.97. The highest BCUT2D eigenvalue weighted by Crippen LogP contribution is 2.49. The van der Waals surface area contributed by atoms with Gasteiger partial charge in [-0.25, -0.2) is 0 Å². The van der Waals surface area contributed by atoms with E-state index in [0.717, 1.165) is 18.4 Å². The van der Waals surface area contributed by atoms with Crippen molar-refractivity contribution in [3.05, 3.63) is 35.9 Å². The van der Waals surface area contributed by atoms with E-state index in [-0.39, 0.29) is 5.92 Å². The summed E-state index contributed by atoms with van der Waals surface area (Å²) in [6.45, 7) is 0. The SMILES string of the molecule is O=S(=O)(O)C1(S)CCCC1c1ccccc1. The molecule has 0 amide bonds. The van der Waals surface area contributed by atoms with Gasteiger partial charge in [0.1, 0.15) is 4.08 Å². The summed E-state index contributed by atoms with van der Waals surface area (Å²) in [7, 11) is -4.14. The predicted molar refractivity (Wildman–Crippen MR) is 66.3 cm³/mol. The number of benzene rings is 1. The Kier molecular flexibility index (Phi) is 3.03. The van der Waals surface area contributed by atoms with Gasteiger partial charge < -0.3 is 0 Å². The Morgan fingerprint density at radius 2 is 1.94 bits per heavy atom. The molecule has 2 rings (SSSR count). The maximum absolute atomic E-state index is 11.4. The first-order valence-corrected chi connectivity index (χ1v) is 7.08. The van der Waals surface area contributed by atoms with E-state index in [1.807, 2.05) is 30.3 Å². The van der Waals surface area contributed by atoms with E-state index in [1.165, 1.54) is 0 Å². The van der Waals surface area contributed by atoms with Crippen LogP contribution in [0.5, 0.6) is 0 Å². The van der Waals surface area contributed by atoms with Gasteiger partial charge in [0, 0.05) is 5.92 Å². The van der Waals surface area contributed by atoms with Crippen LogP contribution in [0.25, 0.3) is 0 Å². The van der Waals surface area contributed by atoms with Crippen molar-refractivity contribution in [1.82, 2.24) is 0 Å². The maximum Gasteiger partial charge on any atom is 0.280 e. The summed E-state index contributed by atoms with van der Waals surface area (Å²) in [6, 6.07) is 9.38. The molecule has 2 atom stereocenters. The third kappa shape index (κ3) is 1.87. The molecule has 88 valence electrons. The predicted octanol–water partition coefficient (Wildman–Crippen LogP) is 2.47. The largest absolute Gasteiger partial charge is 0.284 e. The van der Waals surface area contributed by atoms with Crippen molar-refractivity contribution in [3.63, 3.8) is 0 Å². The van der Waals surface area contributed by atoms with E-state index in [1.54, 1.807) is 0 Å². The topological polar surface area (TPSA) is 54.4 Å². The van der Waals surface area contributed by atoms with Crippen molar-refractivity contribution in [2.24, 2.45) is 0 Å². The molecule has 1 aliphatic carbocycles. The fraction of sp³-hybridized carbons (Fsp3) is 0.455. The third-order valence-corrected chi connectivity index (χ3v) is 5.83. The molecule has 1 N–H and O–H groups in total. The van der Waals surface area contributed by atoms with Crippen molar-refractivity contribution < 1.29 is 13.0 Å². The zero-order chi connectivity index (χ0) is 11.8. The molecule has 0 heterocycles. The van der Waals surface area contributed by atoms with Crippen LogP contribution < -0.4 is 0 Å². The molecule has 1 aromatic carbocycles. The minimum Gasteiger partial charge on any atom is -0.284 e. The Labute approximate surface area is 101 Å². The van der Waals surface area contributed by atoms with Crippen LogP contribution in [0.2, 0.25) is 0 Å². The Hall–Kier alpha value is -0.520. The molecule has 0 radical (unpaired) electrons. The van der Waals surface area contributed by atoms with E-state index in [0.29, 0.717) is 6.42 Å². The van der Waals surface area contributed by atoms with Crippen LogP contribution >= 0.6 is 12.6 Å². The summed E-state index contributed by atoms with van der Waals surface area (Å²) in [5, 5.41) is 0. The Morgan fingerprint density at radius 3 is 2.50 bits per heavy atom. The summed E-state index contributed by atoms with van der Waals surface area (Å²) < 4.78 is 30.8. The van der Waals surface area contributed by atoms with Gasteiger partial charge in [-0.15, -0.1) is 0 Å². The highest BCUT2D eigenvalue weighted by atomic mass is 32.3. The lowest BCUT2D eigenvalue weighted by Crippen LogP contribution is -2.34. The first-order valence-electron chi connectivity index (χ1n) is 5.19. The molecular weight excluding hydrogens is 244 g/mol. The van der Waals surface area contributed by atoms with E-state index in [2.05, 4.69) is 12.6 Å². The molecule has 1 aliphatic rings. The summed E-state index contributed by atoms with van der Waals surface area (Å²) in [5.41, 5.74) is 0.924. The molecule has 0 bridgehead atoms. The van der Waals surface area contributed by atoms with Crippen LogP contribution in [0.15, 0.2) is 30.3 Å². The number of rotatable bonds is 2. The lowest BCUT2D eigenvalue weighted by Gasteiger charge is -2.27. The van der Waals surface area contributed by atoms with Crippen LogP contribution in [-0.2, 0) is 10.1 Å². The first-order chi connectivity index (χ1) is 7.45. The zero-order valence-electron chi connectivity index (χ0n) is 8.70. The first kappa shape index (κ1) is 12.0. The Morgan fingerprint density at radius 1 is 1.31 bits per heavy atom. The number of hydrogen-bond acceptors (Lipinski definition) is 3. The van der Waals surface area contributed by atoms with Crippen LogP contribution in [0, 0.1) is 0 Å². The Balaban J connectivity index is 2.43. The van der Waals surface area contributed by atoms with Gasteiger partial charge in [0.05, 0.1) is 0 Å². The van der Waals surface area contributed by atoms with Crippen LogP contribution in [-0.4, -0.2) is 17.0 Å². The fourth-order valence-electron chi connectivity index (χ4n) is 2.38. The van der Waals surface area contributed by atoms with E-state index < -0.39 is 14.2 Å². The second kappa shape index (κ2) is 4.05. The second-order valence-electron chi connectivity index (χ2n) is 4.18. The molecule has 3 nitrogen and oxygen atoms in total. The minimum atomic E-state index is -4.14. The van der Waals surface area contributed by atoms with Gasteiger partial charge in [-0.2, -0.15) is 21.0 Å². The van der Waals surface area contributed by atoms with Gasteiger partial charge in [0.25, 0.3) is 10.1 Å². The van der Waals surface area contributed by atoms with Crippen molar-refractivity contribution in [1.29, 1.82) is 0 Å². The monoisotopic (exact) mass is 258 g/mol. The molecule has 5 heteroatoms. The molecule has 1 fully saturated rings. The standard InChI is InChI=1S/C11H14O3S2/c12-16(13,14)11(15)8-4-7-10(11)9-5-2-1-3-6-9/h1-3,5-6,10,15H,4,7-8H2,(H,12,13,14). The molecule has 0 spiro atoms. The quantitative estimate of drug-likeness (QED) is 0.633. The van der Waals surface area contributed by atoms with Crippen LogP contribution in [0.4, 0.5) is 0 Å². The number of hydrogen-bond donors (Lipinski definition) is 2. The molecule has 0 aromatic heterocycles. The fourth-order valence-corrected chi connectivity index (χ4v) is 3.83. The van der Waals surface area contributed by atoms with E-state index in [9.17, 15) is 13.0 Å². The Bertz CT molecular complexity index is 469. The zero-order valence-corrected chi connectivity index (χ0v) is 10.4. The average molecular weight is 258 g/mol. The molecule has 16 heavy (non-hydrogen) atoms. The molecular formula is C11H14O3S2. The maximum atomic E-state index is 11.4. The summed E-state index contributed by atoms with van der Waals surface area (Å²) >= 11 is 4.23. The van der Waals surface area contributed by atoms with E-state index in [4.69, 9.17) is 0 Å². The molecule has 1 saturated carbocycles. The van der Waals surface area contributed by atoms with Gasteiger partial charge in [0.15, 0.2) is 0 Å². The number of thiol groups is 1. The van der Waals surface area contributed by atoms with Gasteiger partial charge in [-0.3, -0.25) is 4.55 Å². The molecule has 0 saturated heterocycles. The average Bonchev–Trinajstić information content (AvgIpc) is 2.62. The van der Waals surface area contributed by atoms with Gasteiger partial charge in [-0.05, 0) is 18.4 Å². The third-order valence-electron chi connectivity index (χ3n) is 3.22. The van der Waals surface area contributed by atoms with Crippen molar-refractivity contribution >= 4 is 22.7 Å². The van der Waals surface area contributed by atoms with Gasteiger partial charge >= 0.3 is 0 Å². The van der Waals surface area contributed by atoms with E-state index >= 15 is 0 Å². The molecule has 2 unspecified atom stereocenters. The van der Waals surface area contributed by atoms with Gasteiger partial charge in [-0.1, -0.05) is 36.8 Å². The van der Waals surface area contributed by atoms with Crippen molar-refractivity contribution in [3.8, 4) is 0 Å². The van der Waals surface area contributed by atoms with Crippen LogP contribution in [0.1, 0.15) is 30.7 Å². The highest BCUT2D eigenvalue weighted by Gasteiger charge is 2.50. The van der Waals surface area contributed by atoms with Crippen molar-refractivity contribution in [2.75, 3.05) is 0 Å². The lowest BCUT2D eigenvalue weighted by molar-refractivity contribution is 0.452. The summed E-state index contributed by atoms with van der Waals surface area (Å²) in [5.74, 6) is -0.230. The van der Waals surface area contributed by atoms with Crippen LogP contribution in [0.3, 0.4) is 0 Å². The summed E-state index contributed by atoms with van der Waals surface area (Å²) in [4.78, 5) is 0. The smallest absolute Gasteiger partial charge is 0.280 e. The highest BCUT2D eigenvalue weighted by molar-refractivity contribution is 8.03. The van der Waals surface area contributed by atoms with Crippen molar-refractivity contribution in [2.45, 2.75) is 29.3 Å². The van der Waals surface area contributed by atoms with Gasteiger partial charge in [0.2, 0.25) is 0 Å². The normalized spacial score (nSPS) is 30.5.